The third-order valence-electron chi connectivity index (χ3n) is 2.99. The number of isocyanates is 1. The van der Waals surface area contributed by atoms with Gasteiger partial charge in [-0.05, 0) is 38.3 Å². The molecule has 1 aliphatic heterocycles. The molecule has 1 saturated heterocycles. The van der Waals surface area contributed by atoms with Crippen LogP contribution in [-0.2, 0) is 4.79 Å². The van der Waals surface area contributed by atoms with E-state index in [9.17, 15) is 4.79 Å². The van der Waals surface area contributed by atoms with Crippen LogP contribution in [0.2, 0.25) is 0 Å². The van der Waals surface area contributed by atoms with Crippen molar-refractivity contribution in [2.75, 3.05) is 26.2 Å². The van der Waals surface area contributed by atoms with Gasteiger partial charge in [0.15, 0.2) is 0 Å². The van der Waals surface area contributed by atoms with E-state index in [-0.39, 0.29) is 0 Å². The van der Waals surface area contributed by atoms with Crippen LogP contribution in [0.15, 0.2) is 17.1 Å². The predicted molar refractivity (Wildman–Crippen MR) is 61.6 cm³/mol. The lowest BCUT2D eigenvalue weighted by Gasteiger charge is -2.32. The van der Waals surface area contributed by atoms with E-state index in [4.69, 9.17) is 0 Å². The molecule has 0 spiro atoms. The number of aliphatic imine (C=N–C) groups is 1. The second-order valence-corrected chi connectivity index (χ2v) is 4.26. The normalized spacial score (nSPS) is 22.1. The van der Waals surface area contributed by atoms with Crippen molar-refractivity contribution in [3.8, 4) is 0 Å². The van der Waals surface area contributed by atoms with Crippen molar-refractivity contribution in [3.05, 3.63) is 12.2 Å². The molecule has 1 rings (SSSR count). The van der Waals surface area contributed by atoms with E-state index in [1.54, 1.807) is 6.08 Å². The molecule has 1 unspecified atom stereocenters. The topological polar surface area (TPSA) is 32.7 Å². The van der Waals surface area contributed by atoms with Gasteiger partial charge in [-0.1, -0.05) is 19.1 Å². The zero-order chi connectivity index (χ0) is 11.1. The summed E-state index contributed by atoms with van der Waals surface area (Å²) < 4.78 is 0. The number of nitrogens with zero attached hydrogens (tertiary/aromatic N) is 2. The lowest BCUT2D eigenvalue weighted by molar-refractivity contribution is 0.182. The Balaban J connectivity index is 2.31. The minimum Gasteiger partial charge on any atom is -0.303 e. The molecular formula is C12H20N2O. The minimum atomic E-state index is 0.451. The first-order valence-corrected chi connectivity index (χ1v) is 5.69. The van der Waals surface area contributed by atoms with Crippen LogP contribution >= 0.6 is 0 Å². The maximum atomic E-state index is 9.96. The van der Waals surface area contributed by atoms with Crippen molar-refractivity contribution in [2.45, 2.75) is 26.2 Å². The van der Waals surface area contributed by atoms with Crippen molar-refractivity contribution < 1.29 is 4.79 Å². The van der Waals surface area contributed by atoms with Gasteiger partial charge in [-0.2, -0.15) is 0 Å². The zero-order valence-corrected chi connectivity index (χ0v) is 9.54. The molecule has 0 aromatic rings. The molecule has 0 amide bonds. The van der Waals surface area contributed by atoms with Crippen LogP contribution in [-0.4, -0.2) is 37.2 Å². The summed E-state index contributed by atoms with van der Waals surface area (Å²) in [6.45, 7) is 10.1. The highest BCUT2D eigenvalue weighted by Crippen LogP contribution is 2.22. The summed E-state index contributed by atoms with van der Waals surface area (Å²) in [4.78, 5) is 16.0. The van der Waals surface area contributed by atoms with Crippen LogP contribution in [0.3, 0.4) is 0 Å². The lowest BCUT2D eigenvalue weighted by Crippen LogP contribution is -2.35. The molecule has 0 aromatic heterocycles. The molecule has 84 valence electrons. The van der Waals surface area contributed by atoms with Crippen molar-refractivity contribution in [1.82, 2.24) is 4.90 Å². The summed E-state index contributed by atoms with van der Waals surface area (Å²) in [7, 11) is 0. The Hall–Kier alpha value is -0.920. The molecule has 1 aliphatic rings. The Morgan fingerprint density at radius 2 is 2.47 bits per heavy atom. The summed E-state index contributed by atoms with van der Waals surface area (Å²) in [5.74, 6) is 0.702. The third-order valence-corrected chi connectivity index (χ3v) is 2.99. The first kappa shape index (κ1) is 12.2. The van der Waals surface area contributed by atoms with Gasteiger partial charge in [0.1, 0.15) is 0 Å². The van der Waals surface area contributed by atoms with Crippen LogP contribution in [0.5, 0.6) is 0 Å². The number of piperidine rings is 1. The fourth-order valence-electron chi connectivity index (χ4n) is 2.22. The summed E-state index contributed by atoms with van der Waals surface area (Å²) >= 11 is 0. The molecule has 1 atom stereocenters. The van der Waals surface area contributed by atoms with Gasteiger partial charge >= 0.3 is 0 Å². The number of rotatable bonds is 5. The Morgan fingerprint density at radius 1 is 1.67 bits per heavy atom. The molecule has 0 radical (unpaired) electrons. The van der Waals surface area contributed by atoms with E-state index in [0.29, 0.717) is 12.5 Å². The first-order chi connectivity index (χ1) is 7.26. The Morgan fingerprint density at radius 3 is 3.13 bits per heavy atom. The van der Waals surface area contributed by atoms with E-state index in [2.05, 4.69) is 23.4 Å². The molecule has 0 N–H and O–H groups in total. The number of hydrogen-bond acceptors (Lipinski definition) is 3. The van der Waals surface area contributed by atoms with E-state index < -0.39 is 0 Å². The molecular weight excluding hydrogens is 188 g/mol. The fraction of sp³-hybridized carbons (Fsp3) is 0.750. The van der Waals surface area contributed by atoms with Gasteiger partial charge in [-0.25, -0.2) is 9.79 Å². The van der Waals surface area contributed by atoms with Gasteiger partial charge in [-0.15, -0.1) is 0 Å². The SMILES string of the molecule is C=C(CN=C=O)CC1CCCN(CC)C1. The van der Waals surface area contributed by atoms with Crippen molar-refractivity contribution in [3.63, 3.8) is 0 Å². The molecule has 1 fully saturated rings. The van der Waals surface area contributed by atoms with Crippen molar-refractivity contribution in [2.24, 2.45) is 10.9 Å². The van der Waals surface area contributed by atoms with Gasteiger partial charge in [0.05, 0.1) is 6.54 Å². The first-order valence-electron chi connectivity index (χ1n) is 5.69. The average Bonchev–Trinajstić information content (AvgIpc) is 2.26. The molecule has 0 aliphatic carbocycles. The zero-order valence-electron chi connectivity index (χ0n) is 9.54. The van der Waals surface area contributed by atoms with E-state index >= 15 is 0 Å². The van der Waals surface area contributed by atoms with Crippen LogP contribution in [0.4, 0.5) is 0 Å². The van der Waals surface area contributed by atoms with Gasteiger partial charge in [0.25, 0.3) is 0 Å². The van der Waals surface area contributed by atoms with Crippen LogP contribution in [0, 0.1) is 5.92 Å². The highest BCUT2D eigenvalue weighted by Gasteiger charge is 2.18. The molecule has 3 heteroatoms. The molecule has 3 nitrogen and oxygen atoms in total. The van der Waals surface area contributed by atoms with Crippen molar-refractivity contribution in [1.29, 1.82) is 0 Å². The van der Waals surface area contributed by atoms with Gasteiger partial charge in [-0.3, -0.25) is 0 Å². The quantitative estimate of drug-likeness (QED) is 0.393. The smallest absolute Gasteiger partial charge is 0.235 e. The molecule has 0 bridgehead atoms. The summed E-state index contributed by atoms with van der Waals surface area (Å²) in [6.07, 6.45) is 5.12. The van der Waals surface area contributed by atoms with E-state index in [1.807, 2.05) is 0 Å². The summed E-state index contributed by atoms with van der Waals surface area (Å²) in [5.41, 5.74) is 1.06. The Kier molecular flexibility index (Phi) is 5.30. The minimum absolute atomic E-state index is 0.451. The Labute approximate surface area is 91.9 Å². The number of carbonyl (C=O) groups excluding carboxylic acids is 1. The average molecular weight is 208 g/mol. The lowest BCUT2D eigenvalue weighted by atomic mass is 9.92. The fourth-order valence-corrected chi connectivity index (χ4v) is 2.22. The van der Waals surface area contributed by atoms with Crippen molar-refractivity contribution >= 4 is 6.08 Å². The van der Waals surface area contributed by atoms with Crippen LogP contribution in [0.1, 0.15) is 26.2 Å². The van der Waals surface area contributed by atoms with Gasteiger partial charge in [0, 0.05) is 6.54 Å². The van der Waals surface area contributed by atoms with Crippen LogP contribution < -0.4 is 0 Å². The summed E-state index contributed by atoms with van der Waals surface area (Å²) in [5, 5.41) is 0. The van der Waals surface area contributed by atoms with E-state index in [0.717, 1.165) is 18.5 Å². The monoisotopic (exact) mass is 208 g/mol. The molecule has 0 aromatic carbocycles. The number of likely N-dealkylation sites (tertiary alicyclic amines) is 1. The second kappa shape index (κ2) is 6.54. The predicted octanol–water partition coefficient (Wildman–Crippen LogP) is 2.00. The van der Waals surface area contributed by atoms with Crippen LogP contribution in [0.25, 0.3) is 0 Å². The molecule has 1 heterocycles. The largest absolute Gasteiger partial charge is 0.303 e. The standard InChI is InChI=1S/C12H20N2O/c1-3-14-6-4-5-12(9-14)7-11(2)8-13-10-15/h12H,2-9H2,1H3. The van der Waals surface area contributed by atoms with Gasteiger partial charge < -0.3 is 4.90 Å². The number of hydrogen-bond donors (Lipinski definition) is 0. The third kappa shape index (κ3) is 4.41. The maximum absolute atomic E-state index is 9.96. The maximum Gasteiger partial charge on any atom is 0.235 e. The Bertz CT molecular complexity index is 256. The molecule has 15 heavy (non-hydrogen) atoms. The molecule has 0 saturated carbocycles. The highest BCUT2D eigenvalue weighted by molar-refractivity contribution is 5.33. The highest BCUT2D eigenvalue weighted by atomic mass is 16.1. The summed E-state index contributed by atoms with van der Waals surface area (Å²) in [6, 6.07) is 0. The van der Waals surface area contributed by atoms with E-state index in [1.165, 1.54) is 25.9 Å². The second-order valence-electron chi connectivity index (χ2n) is 4.26. The van der Waals surface area contributed by atoms with Gasteiger partial charge in [0.2, 0.25) is 6.08 Å².